The molecule has 3 N–H and O–H groups in total. The highest BCUT2D eigenvalue weighted by atomic mass is 127. The fraction of sp³-hybridized carbons (Fsp3) is 0.318. The largest absolute Gasteiger partial charge is 0.493 e. The number of methoxy groups -OCH3 is 1. The van der Waals surface area contributed by atoms with Crippen LogP contribution in [0.2, 0.25) is 5.02 Å². The van der Waals surface area contributed by atoms with Gasteiger partial charge in [-0.05, 0) is 42.1 Å². The van der Waals surface area contributed by atoms with Crippen LogP contribution in [0.1, 0.15) is 23.5 Å². The van der Waals surface area contributed by atoms with Gasteiger partial charge in [0.2, 0.25) is 0 Å². The van der Waals surface area contributed by atoms with E-state index in [0.717, 1.165) is 20.5 Å². The molecule has 31 heavy (non-hydrogen) atoms. The minimum Gasteiger partial charge on any atom is -0.493 e. The van der Waals surface area contributed by atoms with Crippen LogP contribution in [0.3, 0.4) is 0 Å². The maximum Gasteiger partial charge on any atom is 0.191 e. The van der Waals surface area contributed by atoms with Crippen molar-refractivity contribution >= 4 is 63.0 Å². The Labute approximate surface area is 208 Å². The fourth-order valence-corrected chi connectivity index (χ4v) is 4.37. The minimum atomic E-state index is -0.624. The molecule has 0 aliphatic carbocycles. The lowest BCUT2D eigenvalue weighted by atomic mass is 10.2. The quantitative estimate of drug-likeness (QED) is 0.201. The molecule has 0 saturated carbocycles. The van der Waals surface area contributed by atoms with Crippen molar-refractivity contribution in [3.05, 3.63) is 57.9 Å². The smallest absolute Gasteiger partial charge is 0.191 e. The molecule has 0 aliphatic heterocycles. The molecule has 1 unspecified atom stereocenters. The lowest BCUT2D eigenvalue weighted by Crippen LogP contribution is -2.38. The Hall–Kier alpha value is -1.75. The van der Waals surface area contributed by atoms with Gasteiger partial charge in [-0.15, -0.1) is 35.3 Å². The second kappa shape index (κ2) is 12.3. The summed E-state index contributed by atoms with van der Waals surface area (Å²) in [5.74, 6) is 1.71. The summed E-state index contributed by atoms with van der Waals surface area (Å²) in [6.45, 7) is 3.24. The van der Waals surface area contributed by atoms with Crippen LogP contribution in [0.15, 0.2) is 47.5 Å². The second-order valence-corrected chi connectivity index (χ2v) is 8.07. The number of fused-ring (bicyclic) bond motifs is 1. The third-order valence-electron chi connectivity index (χ3n) is 4.50. The molecule has 2 aromatic carbocycles. The molecule has 1 atom stereocenters. The zero-order valence-corrected chi connectivity index (χ0v) is 21.5. The Morgan fingerprint density at radius 1 is 1.23 bits per heavy atom. The number of hydrogen-bond acceptors (Lipinski definition) is 5. The number of hydrogen-bond donors (Lipinski definition) is 3. The Morgan fingerprint density at radius 3 is 2.68 bits per heavy atom. The molecule has 0 bridgehead atoms. The number of thiophene rings is 1. The molecule has 1 heterocycles. The van der Waals surface area contributed by atoms with E-state index in [0.29, 0.717) is 42.2 Å². The number of aliphatic hydroxyl groups excluding tert-OH is 1. The van der Waals surface area contributed by atoms with E-state index in [1.165, 1.54) is 0 Å². The van der Waals surface area contributed by atoms with Gasteiger partial charge >= 0.3 is 0 Å². The minimum absolute atomic E-state index is 0. The van der Waals surface area contributed by atoms with Crippen LogP contribution in [0.4, 0.5) is 0 Å². The second-order valence-electron chi connectivity index (χ2n) is 6.55. The van der Waals surface area contributed by atoms with Gasteiger partial charge in [-0.2, -0.15) is 0 Å². The highest BCUT2D eigenvalue weighted by molar-refractivity contribution is 14.0. The lowest BCUT2D eigenvalue weighted by Gasteiger charge is -2.16. The SMILES string of the molecule is CCOc1c(Cl)cc(CNC(=NC)NCC(O)c2cc3ccccc3s2)cc1OC.I. The van der Waals surface area contributed by atoms with E-state index in [-0.39, 0.29) is 24.0 Å². The Bertz CT molecular complexity index is 995. The highest BCUT2D eigenvalue weighted by Crippen LogP contribution is 2.36. The third-order valence-corrected chi connectivity index (χ3v) is 6.00. The first-order chi connectivity index (χ1) is 14.5. The van der Waals surface area contributed by atoms with Crippen molar-refractivity contribution in [2.75, 3.05) is 27.3 Å². The number of aliphatic hydroxyl groups is 1. The van der Waals surface area contributed by atoms with E-state index in [9.17, 15) is 5.11 Å². The Morgan fingerprint density at radius 2 is 2.00 bits per heavy atom. The van der Waals surface area contributed by atoms with Gasteiger partial charge in [0.1, 0.15) is 6.10 Å². The van der Waals surface area contributed by atoms with Gasteiger partial charge in [0, 0.05) is 29.7 Å². The van der Waals surface area contributed by atoms with Crippen molar-refractivity contribution in [1.82, 2.24) is 10.6 Å². The maximum absolute atomic E-state index is 10.6. The van der Waals surface area contributed by atoms with Crippen LogP contribution in [0.25, 0.3) is 10.1 Å². The molecule has 6 nitrogen and oxygen atoms in total. The lowest BCUT2D eigenvalue weighted by molar-refractivity contribution is 0.184. The van der Waals surface area contributed by atoms with Crippen molar-refractivity contribution in [2.24, 2.45) is 4.99 Å². The first kappa shape index (κ1) is 25.5. The molecule has 0 fully saturated rings. The van der Waals surface area contributed by atoms with Gasteiger partial charge in [0.05, 0.1) is 18.7 Å². The predicted octanol–water partition coefficient (Wildman–Crippen LogP) is 4.98. The van der Waals surface area contributed by atoms with E-state index in [1.54, 1.807) is 25.5 Å². The van der Waals surface area contributed by atoms with Gasteiger partial charge in [-0.25, -0.2) is 0 Å². The molecule has 3 aromatic rings. The van der Waals surface area contributed by atoms with Crippen LogP contribution in [0, 0.1) is 0 Å². The Balaban J connectivity index is 0.00000341. The molecule has 0 saturated heterocycles. The van der Waals surface area contributed by atoms with E-state index >= 15 is 0 Å². The summed E-state index contributed by atoms with van der Waals surface area (Å²) in [6.07, 6.45) is -0.624. The molecule has 0 aliphatic rings. The number of rotatable bonds is 8. The molecule has 0 spiro atoms. The number of ether oxygens (including phenoxy) is 2. The first-order valence-corrected chi connectivity index (χ1v) is 10.8. The summed E-state index contributed by atoms with van der Waals surface area (Å²) in [4.78, 5) is 5.14. The van der Waals surface area contributed by atoms with Gasteiger partial charge in [-0.3, -0.25) is 4.99 Å². The van der Waals surface area contributed by atoms with Crippen LogP contribution in [-0.4, -0.2) is 38.4 Å². The number of nitrogens with one attached hydrogen (secondary N) is 2. The van der Waals surface area contributed by atoms with Crippen molar-refractivity contribution in [3.63, 3.8) is 0 Å². The molecule has 1 aromatic heterocycles. The van der Waals surface area contributed by atoms with Gasteiger partial charge in [0.15, 0.2) is 17.5 Å². The van der Waals surface area contributed by atoms with Crippen LogP contribution >= 0.6 is 46.9 Å². The summed E-state index contributed by atoms with van der Waals surface area (Å²) >= 11 is 7.93. The van der Waals surface area contributed by atoms with Crippen LogP contribution < -0.4 is 20.1 Å². The third kappa shape index (κ3) is 6.61. The molecular weight excluding hydrogens is 549 g/mol. The molecule has 168 valence electrons. The maximum atomic E-state index is 10.6. The number of halogens is 2. The number of nitrogens with zero attached hydrogens (tertiary/aromatic N) is 1. The van der Waals surface area contributed by atoms with Gasteiger partial charge in [0.25, 0.3) is 0 Å². The number of aliphatic imine (C=N–C) groups is 1. The standard InChI is InChI=1S/C22H26ClN3O3S.HI/c1-4-29-21-16(23)9-14(10-18(21)28-3)12-25-22(24-2)26-13-17(27)20-11-15-7-5-6-8-19(15)30-20;/h5-11,17,27H,4,12-13H2,1-3H3,(H2,24,25,26);1H. The topological polar surface area (TPSA) is 75.1 Å². The van der Waals surface area contributed by atoms with E-state index in [4.69, 9.17) is 21.1 Å². The highest BCUT2D eigenvalue weighted by Gasteiger charge is 2.14. The molecular formula is C22H27ClIN3O3S. The fourth-order valence-electron chi connectivity index (χ4n) is 3.03. The zero-order valence-electron chi connectivity index (χ0n) is 17.6. The summed E-state index contributed by atoms with van der Waals surface area (Å²) in [5.41, 5.74) is 0.924. The summed E-state index contributed by atoms with van der Waals surface area (Å²) in [7, 11) is 3.27. The molecule has 0 amide bonds. The zero-order chi connectivity index (χ0) is 21.5. The van der Waals surface area contributed by atoms with Crippen molar-refractivity contribution in [1.29, 1.82) is 0 Å². The van der Waals surface area contributed by atoms with E-state index in [2.05, 4.69) is 21.7 Å². The average molecular weight is 576 g/mol. The molecule has 3 rings (SSSR count). The Kier molecular flexibility index (Phi) is 10.1. The summed E-state index contributed by atoms with van der Waals surface area (Å²) < 4.78 is 12.1. The first-order valence-electron chi connectivity index (χ1n) is 9.66. The number of benzene rings is 2. The van der Waals surface area contributed by atoms with Crippen LogP contribution in [0.5, 0.6) is 11.5 Å². The number of guanidine groups is 1. The van der Waals surface area contributed by atoms with Crippen molar-refractivity contribution < 1.29 is 14.6 Å². The van der Waals surface area contributed by atoms with Crippen molar-refractivity contribution in [3.8, 4) is 11.5 Å². The predicted molar refractivity (Wildman–Crippen MR) is 140 cm³/mol. The molecule has 9 heteroatoms. The summed E-state index contributed by atoms with van der Waals surface area (Å²) in [5, 5.41) is 18.6. The van der Waals surface area contributed by atoms with Crippen molar-refractivity contribution in [2.45, 2.75) is 19.6 Å². The normalized spacial score (nSPS) is 12.2. The van der Waals surface area contributed by atoms with Gasteiger partial charge in [-0.1, -0.05) is 29.8 Å². The van der Waals surface area contributed by atoms with Crippen LogP contribution in [-0.2, 0) is 6.54 Å². The average Bonchev–Trinajstić information content (AvgIpc) is 3.19. The van der Waals surface area contributed by atoms with Gasteiger partial charge < -0.3 is 25.2 Å². The summed E-state index contributed by atoms with van der Waals surface area (Å²) in [6, 6.07) is 13.8. The molecule has 0 radical (unpaired) electrons. The van der Waals surface area contributed by atoms with E-state index < -0.39 is 6.10 Å². The monoisotopic (exact) mass is 575 g/mol. The van der Waals surface area contributed by atoms with E-state index in [1.807, 2.05) is 43.3 Å².